The van der Waals surface area contributed by atoms with E-state index in [9.17, 15) is 5.26 Å². The molecule has 1 unspecified atom stereocenters. The highest BCUT2D eigenvalue weighted by Gasteiger charge is 2.40. The van der Waals surface area contributed by atoms with Crippen molar-refractivity contribution in [1.29, 1.82) is 5.26 Å². The van der Waals surface area contributed by atoms with Crippen LogP contribution in [-0.4, -0.2) is 13.1 Å². The third-order valence-electron chi connectivity index (χ3n) is 5.68. The van der Waals surface area contributed by atoms with Crippen molar-refractivity contribution in [3.05, 3.63) is 109 Å². The molecule has 0 amide bonds. The first-order valence-electron chi connectivity index (χ1n) is 10.2. The molecule has 31 heavy (non-hydrogen) atoms. The van der Waals surface area contributed by atoms with Gasteiger partial charge in [0.2, 0.25) is 5.88 Å². The van der Waals surface area contributed by atoms with Crippen molar-refractivity contribution in [3.63, 3.8) is 0 Å². The smallest absolute Gasteiger partial charge is 0.205 e. The van der Waals surface area contributed by atoms with Crippen LogP contribution in [0.4, 0.5) is 0 Å². The van der Waals surface area contributed by atoms with E-state index < -0.39 is 0 Å². The molecule has 3 aromatic rings. The Morgan fingerprint density at radius 2 is 1.87 bits per heavy atom. The summed E-state index contributed by atoms with van der Waals surface area (Å²) in [5.74, 6) is 0.926. The Morgan fingerprint density at radius 1 is 1.06 bits per heavy atom. The second kappa shape index (κ2) is 8.56. The maximum Gasteiger partial charge on any atom is 0.205 e. The zero-order valence-corrected chi connectivity index (χ0v) is 18.5. The van der Waals surface area contributed by atoms with E-state index in [0.29, 0.717) is 5.57 Å². The largest absolute Gasteiger partial charge is 0.440 e. The van der Waals surface area contributed by atoms with Crippen LogP contribution in [-0.2, 0) is 11.3 Å². The van der Waals surface area contributed by atoms with Gasteiger partial charge in [-0.2, -0.15) is 5.26 Å². The van der Waals surface area contributed by atoms with Crippen LogP contribution < -0.4 is 10.6 Å². The van der Waals surface area contributed by atoms with Crippen LogP contribution in [0.5, 0.6) is 0 Å². The highest BCUT2D eigenvalue weighted by Crippen LogP contribution is 2.43. The van der Waals surface area contributed by atoms with E-state index >= 15 is 0 Å². The second-order valence-corrected chi connectivity index (χ2v) is 9.70. The van der Waals surface area contributed by atoms with E-state index in [2.05, 4.69) is 65.4 Å². The number of allylic oxidation sites excluding steroid dienone is 1. The molecule has 0 saturated heterocycles. The quantitative estimate of drug-likeness (QED) is 0.638. The van der Waals surface area contributed by atoms with Gasteiger partial charge < -0.3 is 15.4 Å². The number of hydrogen-bond acceptors (Lipinski definition) is 5. The zero-order chi connectivity index (χ0) is 21.2. The van der Waals surface area contributed by atoms with Crippen LogP contribution >= 0.6 is 22.7 Å². The lowest BCUT2D eigenvalue weighted by Crippen LogP contribution is -3.12. The molecule has 2 atom stereocenters. The first-order valence-corrected chi connectivity index (χ1v) is 11.9. The first-order chi connectivity index (χ1) is 15.2. The minimum Gasteiger partial charge on any atom is -0.440 e. The van der Waals surface area contributed by atoms with Gasteiger partial charge in [-0.15, -0.1) is 22.7 Å². The number of nitrogens with two attached hydrogens (primary N) is 1. The Kier molecular flexibility index (Phi) is 5.47. The average Bonchev–Trinajstić information content (AvgIpc) is 3.48. The minimum atomic E-state index is -0.147. The van der Waals surface area contributed by atoms with E-state index in [1.54, 1.807) is 22.7 Å². The third kappa shape index (κ3) is 3.96. The van der Waals surface area contributed by atoms with Gasteiger partial charge in [0, 0.05) is 20.9 Å². The topological polar surface area (TPSA) is 63.5 Å². The number of nitrogens with zero attached hydrogens (tertiary/aromatic N) is 1. The lowest BCUT2D eigenvalue weighted by molar-refractivity contribution is -0.906. The summed E-state index contributed by atoms with van der Waals surface area (Å²) in [6, 6.07) is 21.2. The third-order valence-corrected chi connectivity index (χ3v) is 7.44. The predicted octanol–water partition coefficient (Wildman–Crippen LogP) is 4.05. The number of rotatable bonds is 4. The number of benzene rings is 1. The monoisotopic (exact) mass is 444 g/mol. The Labute approximate surface area is 189 Å². The van der Waals surface area contributed by atoms with E-state index in [-0.39, 0.29) is 11.8 Å². The molecule has 0 aliphatic carbocycles. The summed E-state index contributed by atoms with van der Waals surface area (Å²) in [6.07, 6.45) is 2.21. The molecule has 0 bridgehead atoms. The summed E-state index contributed by atoms with van der Waals surface area (Å²) in [5, 5.41) is 14.0. The fraction of sp³-hybridized carbons (Fsp3) is 0.160. The Balaban J connectivity index is 1.60. The fourth-order valence-corrected chi connectivity index (χ4v) is 5.92. The molecule has 6 heteroatoms. The van der Waals surface area contributed by atoms with Crippen molar-refractivity contribution >= 4 is 28.7 Å². The molecule has 0 fully saturated rings. The Morgan fingerprint density at radius 3 is 2.58 bits per heavy atom. The number of ether oxygens (including phenoxy) is 1. The number of quaternary nitrogens is 1. The molecule has 2 aliphatic rings. The Hall–Kier alpha value is -3.11. The summed E-state index contributed by atoms with van der Waals surface area (Å²) in [5.41, 5.74) is 10.4. The van der Waals surface area contributed by atoms with Gasteiger partial charge >= 0.3 is 0 Å². The highest BCUT2D eigenvalue weighted by atomic mass is 32.1. The van der Waals surface area contributed by atoms with Gasteiger partial charge in [-0.05, 0) is 29.0 Å². The molecule has 2 aliphatic heterocycles. The fourth-order valence-electron chi connectivity index (χ4n) is 4.37. The van der Waals surface area contributed by atoms with E-state index in [1.165, 1.54) is 15.3 Å². The van der Waals surface area contributed by atoms with Crippen LogP contribution in [0.3, 0.4) is 0 Å². The van der Waals surface area contributed by atoms with Gasteiger partial charge in [-0.3, -0.25) is 0 Å². The van der Waals surface area contributed by atoms with Crippen molar-refractivity contribution in [2.75, 3.05) is 13.1 Å². The number of nitrogens with one attached hydrogen (secondary N) is 1. The standard InChI is InChI=1S/C25H21N3OS2/c26-13-20-23(22-9-5-11-31-22)21-16-28(14-17-6-2-1-3-7-17)15-18(24(21)29-25(20)27)12-19-8-4-10-30-19/h1-12,23H,14-16,27H2/p+1/b18-12+/t23-/m1/s1. The summed E-state index contributed by atoms with van der Waals surface area (Å²) in [4.78, 5) is 3.75. The molecule has 0 spiro atoms. The normalized spacial score (nSPS) is 22.2. The van der Waals surface area contributed by atoms with Gasteiger partial charge in [-0.25, -0.2) is 0 Å². The van der Waals surface area contributed by atoms with Crippen molar-refractivity contribution in [3.8, 4) is 6.07 Å². The van der Waals surface area contributed by atoms with Gasteiger partial charge in [-0.1, -0.05) is 42.5 Å². The molecule has 0 radical (unpaired) electrons. The minimum absolute atomic E-state index is 0.147. The molecular weight excluding hydrogens is 422 g/mol. The molecular formula is C25H22N3OS2+. The lowest BCUT2D eigenvalue weighted by Gasteiger charge is -2.35. The van der Waals surface area contributed by atoms with Crippen molar-refractivity contribution in [2.45, 2.75) is 12.5 Å². The number of thiophene rings is 2. The van der Waals surface area contributed by atoms with Crippen LogP contribution in [0.25, 0.3) is 6.08 Å². The van der Waals surface area contributed by atoms with Crippen molar-refractivity contribution in [1.82, 2.24) is 0 Å². The van der Waals surface area contributed by atoms with Crippen LogP contribution in [0.15, 0.2) is 93.7 Å². The van der Waals surface area contributed by atoms with Gasteiger partial charge in [0.05, 0.1) is 11.5 Å². The molecule has 4 nitrogen and oxygen atoms in total. The lowest BCUT2D eigenvalue weighted by atomic mass is 9.83. The van der Waals surface area contributed by atoms with Crippen LogP contribution in [0.2, 0.25) is 0 Å². The van der Waals surface area contributed by atoms with Crippen LogP contribution in [0, 0.1) is 11.3 Å². The van der Waals surface area contributed by atoms with Gasteiger partial charge in [0.25, 0.3) is 0 Å². The highest BCUT2D eigenvalue weighted by molar-refractivity contribution is 7.10. The summed E-state index contributed by atoms with van der Waals surface area (Å²) in [6.45, 7) is 2.57. The van der Waals surface area contributed by atoms with E-state index in [0.717, 1.165) is 41.4 Å². The molecule has 1 aromatic carbocycles. The molecule has 2 aromatic heterocycles. The van der Waals surface area contributed by atoms with Crippen molar-refractivity contribution in [2.24, 2.45) is 5.73 Å². The number of nitriles is 1. The predicted molar refractivity (Wildman–Crippen MR) is 125 cm³/mol. The second-order valence-electron chi connectivity index (χ2n) is 7.75. The molecule has 3 N–H and O–H groups in total. The van der Waals surface area contributed by atoms with Crippen molar-refractivity contribution < 1.29 is 9.64 Å². The molecule has 154 valence electrons. The summed E-state index contributed by atoms with van der Waals surface area (Å²) < 4.78 is 6.12. The average molecular weight is 445 g/mol. The SMILES string of the molecule is N#CC1=C(N)OC2=C(C[NH+](Cc3ccccc3)C/C2=C\c2cccs2)[C@@H]1c1cccs1. The van der Waals surface area contributed by atoms with Gasteiger partial charge in [0.1, 0.15) is 37.0 Å². The number of hydrogen-bond donors (Lipinski definition) is 2. The first kappa shape index (κ1) is 19.8. The maximum absolute atomic E-state index is 9.89. The zero-order valence-electron chi connectivity index (χ0n) is 16.9. The summed E-state index contributed by atoms with van der Waals surface area (Å²) in [7, 11) is 0. The van der Waals surface area contributed by atoms with E-state index in [1.807, 2.05) is 12.1 Å². The Bertz CT molecular complexity index is 1200. The summed E-state index contributed by atoms with van der Waals surface area (Å²) >= 11 is 3.37. The molecule has 4 heterocycles. The van der Waals surface area contributed by atoms with Gasteiger partial charge in [0.15, 0.2) is 0 Å². The van der Waals surface area contributed by atoms with E-state index in [4.69, 9.17) is 10.5 Å². The maximum atomic E-state index is 9.89. The molecule has 5 rings (SSSR count). The molecule has 0 saturated carbocycles. The van der Waals surface area contributed by atoms with Crippen LogP contribution in [0.1, 0.15) is 21.2 Å².